The van der Waals surface area contributed by atoms with E-state index in [2.05, 4.69) is 22.5 Å². The Kier molecular flexibility index (Phi) is 4.45. The Hall–Kier alpha value is -1.25. The quantitative estimate of drug-likeness (QED) is 0.760. The van der Waals surface area contributed by atoms with Gasteiger partial charge in [0.05, 0.1) is 6.54 Å². The van der Waals surface area contributed by atoms with Crippen molar-refractivity contribution in [1.82, 2.24) is 9.47 Å². The van der Waals surface area contributed by atoms with Crippen molar-refractivity contribution in [2.24, 2.45) is 13.0 Å². The largest absolute Gasteiger partial charge is 0.353 e. The maximum atomic E-state index is 12.4. The average molecular weight is 248 g/mol. The van der Waals surface area contributed by atoms with E-state index in [1.807, 2.05) is 19.3 Å². The standard InChI is InChI=1S/C15H24N2O/c1-3-4-11-17(15(18)13-7-5-8-13)12-14-9-6-10-16(14)2/h6,9-10,13H,3-5,7-8,11-12H2,1-2H3. The van der Waals surface area contributed by atoms with E-state index < -0.39 is 0 Å². The molecule has 1 aliphatic carbocycles. The molecule has 3 heteroatoms. The van der Waals surface area contributed by atoms with Crippen LogP contribution in [0, 0.1) is 5.92 Å². The molecular weight excluding hydrogens is 224 g/mol. The van der Waals surface area contributed by atoms with Crippen molar-refractivity contribution in [2.45, 2.75) is 45.6 Å². The number of nitrogens with zero attached hydrogens (tertiary/aromatic N) is 2. The molecule has 0 spiro atoms. The van der Waals surface area contributed by atoms with Gasteiger partial charge in [-0.3, -0.25) is 4.79 Å². The summed E-state index contributed by atoms with van der Waals surface area (Å²) in [5, 5.41) is 0. The van der Waals surface area contributed by atoms with E-state index in [0.717, 1.165) is 38.8 Å². The average Bonchev–Trinajstić information content (AvgIpc) is 2.67. The van der Waals surface area contributed by atoms with Crippen molar-refractivity contribution >= 4 is 5.91 Å². The minimum absolute atomic E-state index is 0.308. The summed E-state index contributed by atoms with van der Waals surface area (Å²) in [7, 11) is 2.04. The first-order valence-corrected chi connectivity index (χ1v) is 7.11. The third kappa shape index (κ3) is 2.95. The van der Waals surface area contributed by atoms with Gasteiger partial charge in [0, 0.05) is 31.4 Å². The monoisotopic (exact) mass is 248 g/mol. The molecule has 1 saturated carbocycles. The molecule has 0 bridgehead atoms. The van der Waals surface area contributed by atoms with Gasteiger partial charge in [0.25, 0.3) is 0 Å². The summed E-state index contributed by atoms with van der Waals surface area (Å²) in [6, 6.07) is 4.15. The van der Waals surface area contributed by atoms with Crippen LogP contribution < -0.4 is 0 Å². The molecule has 1 aromatic heterocycles. The highest BCUT2D eigenvalue weighted by Crippen LogP contribution is 2.28. The Labute approximate surface area is 110 Å². The maximum Gasteiger partial charge on any atom is 0.226 e. The highest BCUT2D eigenvalue weighted by atomic mass is 16.2. The van der Waals surface area contributed by atoms with Crippen LogP contribution in [0.3, 0.4) is 0 Å². The topological polar surface area (TPSA) is 25.2 Å². The van der Waals surface area contributed by atoms with E-state index >= 15 is 0 Å². The molecule has 0 unspecified atom stereocenters. The van der Waals surface area contributed by atoms with Crippen LogP contribution >= 0.6 is 0 Å². The molecule has 1 amide bonds. The zero-order valence-corrected chi connectivity index (χ0v) is 11.6. The van der Waals surface area contributed by atoms with Gasteiger partial charge in [-0.25, -0.2) is 0 Å². The van der Waals surface area contributed by atoms with Gasteiger partial charge >= 0.3 is 0 Å². The molecule has 0 atom stereocenters. The Balaban J connectivity index is 1.99. The van der Waals surface area contributed by atoms with E-state index in [0.29, 0.717) is 11.8 Å². The molecule has 0 saturated heterocycles. The lowest BCUT2D eigenvalue weighted by Crippen LogP contribution is -2.39. The van der Waals surface area contributed by atoms with Crippen LogP contribution in [0.4, 0.5) is 0 Å². The molecule has 100 valence electrons. The number of rotatable bonds is 6. The molecule has 1 aliphatic rings. The smallest absolute Gasteiger partial charge is 0.226 e. The van der Waals surface area contributed by atoms with Gasteiger partial charge in [-0.1, -0.05) is 19.8 Å². The lowest BCUT2D eigenvalue weighted by molar-refractivity contribution is -0.139. The first kappa shape index (κ1) is 13.2. The molecule has 1 aromatic rings. The van der Waals surface area contributed by atoms with Crippen LogP contribution in [-0.2, 0) is 18.4 Å². The summed E-state index contributed by atoms with van der Waals surface area (Å²) in [5.41, 5.74) is 1.22. The minimum atomic E-state index is 0.308. The lowest BCUT2D eigenvalue weighted by Gasteiger charge is -2.31. The Morgan fingerprint density at radius 2 is 2.28 bits per heavy atom. The number of hydrogen-bond acceptors (Lipinski definition) is 1. The number of carbonyl (C=O) groups is 1. The van der Waals surface area contributed by atoms with Crippen molar-refractivity contribution in [1.29, 1.82) is 0 Å². The van der Waals surface area contributed by atoms with Gasteiger partial charge in [0.15, 0.2) is 0 Å². The van der Waals surface area contributed by atoms with Crippen molar-refractivity contribution in [3.8, 4) is 0 Å². The van der Waals surface area contributed by atoms with Crippen LogP contribution in [-0.4, -0.2) is 21.9 Å². The van der Waals surface area contributed by atoms with Crippen LogP contribution in [0.2, 0.25) is 0 Å². The Morgan fingerprint density at radius 1 is 1.50 bits per heavy atom. The van der Waals surface area contributed by atoms with Crippen molar-refractivity contribution in [3.05, 3.63) is 24.0 Å². The summed E-state index contributed by atoms with van der Waals surface area (Å²) in [4.78, 5) is 14.4. The van der Waals surface area contributed by atoms with Gasteiger partial charge in [-0.2, -0.15) is 0 Å². The van der Waals surface area contributed by atoms with Gasteiger partial charge in [-0.05, 0) is 31.4 Å². The number of carbonyl (C=O) groups excluding carboxylic acids is 1. The van der Waals surface area contributed by atoms with Gasteiger partial charge < -0.3 is 9.47 Å². The van der Waals surface area contributed by atoms with E-state index in [9.17, 15) is 4.79 Å². The number of amides is 1. The SMILES string of the molecule is CCCCN(Cc1cccn1C)C(=O)C1CCC1. The maximum absolute atomic E-state index is 12.4. The molecule has 2 rings (SSSR count). The Bertz CT molecular complexity index is 393. The predicted octanol–water partition coefficient (Wildman–Crippen LogP) is 2.95. The summed E-state index contributed by atoms with van der Waals surface area (Å²) in [6.07, 6.45) is 7.69. The van der Waals surface area contributed by atoms with Gasteiger partial charge in [-0.15, -0.1) is 0 Å². The second-order valence-electron chi connectivity index (χ2n) is 5.35. The molecule has 1 fully saturated rings. The molecule has 0 N–H and O–H groups in total. The first-order valence-electron chi connectivity index (χ1n) is 7.11. The van der Waals surface area contributed by atoms with Crippen LogP contribution in [0.1, 0.15) is 44.7 Å². The van der Waals surface area contributed by atoms with Crippen molar-refractivity contribution in [2.75, 3.05) is 6.54 Å². The fourth-order valence-corrected chi connectivity index (χ4v) is 2.39. The third-order valence-corrected chi connectivity index (χ3v) is 3.95. The van der Waals surface area contributed by atoms with Crippen LogP contribution in [0.25, 0.3) is 0 Å². The fraction of sp³-hybridized carbons (Fsp3) is 0.667. The predicted molar refractivity (Wildman–Crippen MR) is 73.1 cm³/mol. The normalized spacial score (nSPS) is 15.4. The van der Waals surface area contributed by atoms with Crippen molar-refractivity contribution < 1.29 is 4.79 Å². The number of hydrogen-bond donors (Lipinski definition) is 0. The molecule has 0 radical (unpaired) electrons. The minimum Gasteiger partial charge on any atom is -0.353 e. The molecule has 0 aliphatic heterocycles. The molecular formula is C15H24N2O. The van der Waals surface area contributed by atoms with E-state index in [1.165, 1.54) is 12.1 Å². The first-order chi connectivity index (χ1) is 8.72. The van der Waals surface area contributed by atoms with Crippen molar-refractivity contribution in [3.63, 3.8) is 0 Å². The highest BCUT2D eigenvalue weighted by molar-refractivity contribution is 5.79. The van der Waals surface area contributed by atoms with E-state index in [4.69, 9.17) is 0 Å². The van der Waals surface area contributed by atoms with Gasteiger partial charge in [0.2, 0.25) is 5.91 Å². The molecule has 0 aromatic carbocycles. The number of unbranched alkanes of at least 4 members (excludes halogenated alkanes) is 1. The summed E-state index contributed by atoms with van der Waals surface area (Å²) < 4.78 is 2.10. The zero-order chi connectivity index (χ0) is 13.0. The number of aryl methyl sites for hydroxylation is 1. The lowest BCUT2D eigenvalue weighted by atomic mass is 9.84. The molecule has 18 heavy (non-hydrogen) atoms. The second kappa shape index (κ2) is 6.07. The van der Waals surface area contributed by atoms with E-state index in [-0.39, 0.29) is 0 Å². The Morgan fingerprint density at radius 3 is 2.78 bits per heavy atom. The van der Waals surface area contributed by atoms with Gasteiger partial charge in [0.1, 0.15) is 0 Å². The summed E-state index contributed by atoms with van der Waals surface area (Å²) in [5.74, 6) is 0.679. The molecule has 1 heterocycles. The zero-order valence-electron chi connectivity index (χ0n) is 11.6. The third-order valence-electron chi connectivity index (χ3n) is 3.95. The number of aromatic nitrogens is 1. The van der Waals surface area contributed by atoms with Crippen LogP contribution in [0.5, 0.6) is 0 Å². The van der Waals surface area contributed by atoms with Crippen LogP contribution in [0.15, 0.2) is 18.3 Å². The van der Waals surface area contributed by atoms with E-state index in [1.54, 1.807) is 0 Å². The molecule has 3 nitrogen and oxygen atoms in total. The fourth-order valence-electron chi connectivity index (χ4n) is 2.39. The summed E-state index contributed by atoms with van der Waals surface area (Å²) in [6.45, 7) is 3.84. The highest BCUT2D eigenvalue weighted by Gasteiger charge is 2.29. The second-order valence-corrected chi connectivity index (χ2v) is 5.35. The summed E-state index contributed by atoms with van der Waals surface area (Å²) >= 11 is 0.